The minimum absolute atomic E-state index is 0.0506. The summed E-state index contributed by atoms with van der Waals surface area (Å²) in [6.45, 7) is 5.76. The lowest BCUT2D eigenvalue weighted by molar-refractivity contribution is 0.0674. The molecule has 2 heterocycles. The van der Waals surface area contributed by atoms with E-state index in [-0.39, 0.29) is 18.5 Å². The van der Waals surface area contributed by atoms with Gasteiger partial charge in [-0.2, -0.15) is 4.98 Å². The molecular weight excluding hydrogens is 362 g/mol. The van der Waals surface area contributed by atoms with Crippen molar-refractivity contribution < 1.29 is 19.2 Å². The van der Waals surface area contributed by atoms with E-state index in [1.54, 1.807) is 34.1 Å². The molecule has 2 aromatic rings. The van der Waals surface area contributed by atoms with Crippen molar-refractivity contribution >= 4 is 11.9 Å². The van der Waals surface area contributed by atoms with E-state index in [1.807, 2.05) is 13.8 Å². The monoisotopic (exact) mass is 387 g/mol. The second kappa shape index (κ2) is 7.97. The third kappa shape index (κ3) is 3.99. The fourth-order valence-electron chi connectivity index (χ4n) is 2.87. The Morgan fingerprint density at radius 2 is 1.82 bits per heavy atom. The van der Waals surface area contributed by atoms with E-state index in [2.05, 4.69) is 10.1 Å². The van der Waals surface area contributed by atoms with Gasteiger partial charge in [-0.3, -0.25) is 10.2 Å². The van der Waals surface area contributed by atoms with Crippen LogP contribution in [0.4, 0.5) is 0 Å². The normalized spacial score (nSPS) is 14.9. The predicted octanol–water partition coefficient (Wildman–Crippen LogP) is 1.35. The zero-order valence-corrected chi connectivity index (χ0v) is 16.3. The summed E-state index contributed by atoms with van der Waals surface area (Å²) in [6.07, 6.45) is 0. The summed E-state index contributed by atoms with van der Waals surface area (Å²) in [5.41, 5.74) is 0.708. The summed E-state index contributed by atoms with van der Waals surface area (Å²) in [5, 5.41) is 21.1. The Balaban J connectivity index is 1.66. The number of carbonyl (C=O) groups excluding carboxylic acids is 1. The number of rotatable bonds is 4. The number of benzene rings is 1. The molecule has 0 aliphatic carbocycles. The van der Waals surface area contributed by atoms with Gasteiger partial charge in [-0.25, -0.2) is 0 Å². The number of nitrogens with one attached hydrogen (secondary N) is 1. The molecule has 0 spiro atoms. The molecular formula is C19H25N5O4. The van der Waals surface area contributed by atoms with Gasteiger partial charge in [0.2, 0.25) is 11.7 Å². The van der Waals surface area contributed by atoms with Crippen molar-refractivity contribution in [2.75, 3.05) is 39.9 Å². The van der Waals surface area contributed by atoms with Crippen LogP contribution in [0.2, 0.25) is 0 Å². The van der Waals surface area contributed by atoms with Gasteiger partial charge in [-0.1, -0.05) is 17.3 Å². The van der Waals surface area contributed by atoms with Crippen LogP contribution in [0.3, 0.4) is 0 Å². The number of hydrogen-bond acceptors (Lipinski definition) is 7. The number of piperazine rings is 1. The van der Waals surface area contributed by atoms with Crippen molar-refractivity contribution in [3.8, 4) is 11.4 Å². The van der Waals surface area contributed by atoms with Crippen LogP contribution in [0.25, 0.3) is 11.4 Å². The number of methoxy groups -OCH3 is 1. The highest BCUT2D eigenvalue weighted by molar-refractivity contribution is 5.94. The van der Waals surface area contributed by atoms with Crippen molar-refractivity contribution in [2.45, 2.75) is 19.3 Å². The van der Waals surface area contributed by atoms with Crippen LogP contribution in [-0.4, -0.2) is 76.9 Å². The van der Waals surface area contributed by atoms with Crippen LogP contribution in [-0.2, 0) is 10.2 Å². The van der Waals surface area contributed by atoms with Crippen molar-refractivity contribution in [2.24, 2.45) is 0 Å². The number of amides is 1. The molecule has 1 aliphatic rings. The van der Waals surface area contributed by atoms with Gasteiger partial charge < -0.3 is 24.2 Å². The average Bonchev–Trinajstić information content (AvgIpc) is 3.24. The molecule has 0 radical (unpaired) electrons. The van der Waals surface area contributed by atoms with E-state index >= 15 is 0 Å². The largest absolute Gasteiger partial charge is 0.469 e. The van der Waals surface area contributed by atoms with Crippen molar-refractivity contribution in [1.29, 1.82) is 5.41 Å². The third-order valence-electron chi connectivity index (χ3n) is 4.84. The lowest BCUT2D eigenvalue weighted by Gasteiger charge is -2.35. The Hall–Kier alpha value is -2.94. The highest BCUT2D eigenvalue weighted by atomic mass is 16.5. The number of aliphatic hydroxyl groups is 1. The first kappa shape index (κ1) is 19.8. The number of hydrogen-bond donors (Lipinski definition) is 2. The SMILES string of the molecule is COC(=N)N1CCN(C(=O)c2ccc(-c3noc(C(C)(C)CO)n3)cc2)CC1. The number of aliphatic hydroxyl groups excluding tert-OH is 1. The second-order valence-electron chi connectivity index (χ2n) is 7.33. The molecule has 1 saturated heterocycles. The molecule has 28 heavy (non-hydrogen) atoms. The molecule has 9 heteroatoms. The summed E-state index contributed by atoms with van der Waals surface area (Å²) < 4.78 is 10.2. The molecule has 0 atom stereocenters. The van der Waals surface area contributed by atoms with Gasteiger partial charge in [0.15, 0.2) is 0 Å². The molecule has 0 saturated carbocycles. The summed E-state index contributed by atoms with van der Waals surface area (Å²) in [6, 6.07) is 7.18. The second-order valence-corrected chi connectivity index (χ2v) is 7.33. The first-order chi connectivity index (χ1) is 13.4. The molecule has 150 valence electrons. The average molecular weight is 387 g/mol. The maximum absolute atomic E-state index is 12.7. The van der Waals surface area contributed by atoms with Gasteiger partial charge in [0.1, 0.15) is 0 Å². The highest BCUT2D eigenvalue weighted by Gasteiger charge is 2.27. The van der Waals surface area contributed by atoms with Crippen molar-refractivity contribution in [3.63, 3.8) is 0 Å². The Bertz CT molecular complexity index is 838. The van der Waals surface area contributed by atoms with Gasteiger partial charge >= 0.3 is 0 Å². The van der Waals surface area contributed by atoms with Crippen LogP contribution in [0, 0.1) is 5.41 Å². The first-order valence-electron chi connectivity index (χ1n) is 9.08. The van der Waals surface area contributed by atoms with Crippen LogP contribution < -0.4 is 0 Å². The van der Waals surface area contributed by atoms with Crippen molar-refractivity contribution in [3.05, 3.63) is 35.7 Å². The predicted molar refractivity (Wildman–Crippen MR) is 102 cm³/mol. The van der Waals surface area contributed by atoms with E-state index in [4.69, 9.17) is 14.7 Å². The number of aromatic nitrogens is 2. The molecule has 1 aromatic heterocycles. The minimum atomic E-state index is -0.609. The number of carbonyl (C=O) groups is 1. The van der Waals surface area contributed by atoms with Crippen molar-refractivity contribution in [1.82, 2.24) is 19.9 Å². The number of amidine groups is 1. The zero-order valence-electron chi connectivity index (χ0n) is 16.3. The summed E-state index contributed by atoms with van der Waals surface area (Å²) in [5.74, 6) is 0.734. The fraction of sp³-hybridized carbons (Fsp3) is 0.474. The lowest BCUT2D eigenvalue weighted by Crippen LogP contribution is -2.50. The maximum Gasteiger partial charge on any atom is 0.284 e. The van der Waals surface area contributed by atoms with Crippen LogP contribution >= 0.6 is 0 Å². The van der Waals surface area contributed by atoms with Crippen LogP contribution in [0.5, 0.6) is 0 Å². The molecule has 0 unspecified atom stereocenters. The molecule has 0 bridgehead atoms. The third-order valence-corrected chi connectivity index (χ3v) is 4.84. The highest BCUT2D eigenvalue weighted by Crippen LogP contribution is 2.24. The van der Waals surface area contributed by atoms with Gasteiger partial charge in [0.05, 0.1) is 19.1 Å². The van der Waals surface area contributed by atoms with E-state index in [9.17, 15) is 9.90 Å². The standard InChI is InChI=1S/C19H25N5O4/c1-19(2,12-25)17-21-15(22-28-17)13-4-6-14(7-5-13)16(26)23-8-10-24(11-9-23)18(20)27-3/h4-7,20,25H,8-12H2,1-3H3. The van der Waals surface area contributed by atoms with Crippen LogP contribution in [0.1, 0.15) is 30.1 Å². The minimum Gasteiger partial charge on any atom is -0.469 e. The molecule has 1 aliphatic heterocycles. The summed E-state index contributed by atoms with van der Waals surface area (Å²) >= 11 is 0. The van der Waals surface area contributed by atoms with Gasteiger partial charge in [0, 0.05) is 37.3 Å². The first-order valence-corrected chi connectivity index (χ1v) is 9.08. The molecule has 1 fully saturated rings. The van der Waals surface area contributed by atoms with Crippen LogP contribution in [0.15, 0.2) is 28.8 Å². The summed E-state index contributed by atoms with van der Waals surface area (Å²) in [4.78, 5) is 20.6. The Kier molecular flexibility index (Phi) is 5.64. The Morgan fingerprint density at radius 3 is 2.39 bits per heavy atom. The Labute approximate surface area is 163 Å². The Morgan fingerprint density at radius 1 is 1.21 bits per heavy atom. The number of nitrogens with zero attached hydrogens (tertiary/aromatic N) is 4. The zero-order chi connectivity index (χ0) is 20.3. The lowest BCUT2D eigenvalue weighted by atomic mass is 9.95. The topological polar surface area (TPSA) is 116 Å². The molecule has 2 N–H and O–H groups in total. The molecule has 1 aromatic carbocycles. The summed E-state index contributed by atoms with van der Waals surface area (Å²) in [7, 11) is 1.47. The van der Waals surface area contributed by atoms with Gasteiger partial charge in [-0.15, -0.1) is 0 Å². The van der Waals surface area contributed by atoms with E-state index in [0.717, 1.165) is 5.56 Å². The van der Waals surface area contributed by atoms with E-state index < -0.39 is 5.41 Å². The van der Waals surface area contributed by atoms with Gasteiger partial charge in [-0.05, 0) is 26.0 Å². The maximum atomic E-state index is 12.7. The van der Waals surface area contributed by atoms with E-state index in [0.29, 0.717) is 43.5 Å². The quantitative estimate of drug-likeness (QED) is 0.601. The number of ether oxygens (including phenoxy) is 1. The molecule has 9 nitrogen and oxygen atoms in total. The fourth-order valence-corrected chi connectivity index (χ4v) is 2.87. The smallest absolute Gasteiger partial charge is 0.284 e. The molecule has 3 rings (SSSR count). The van der Waals surface area contributed by atoms with Gasteiger partial charge in [0.25, 0.3) is 11.9 Å². The molecule has 1 amide bonds. The van der Waals surface area contributed by atoms with E-state index in [1.165, 1.54) is 7.11 Å².